The number of benzene rings is 1. The second-order valence-electron chi connectivity index (χ2n) is 2.05. The molecule has 0 unspecified atom stereocenters. The molecule has 1 rings (SSSR count). The molecular weight excluding hydrogens is 127 g/mol. The van der Waals surface area contributed by atoms with Gasteiger partial charge in [-0.1, -0.05) is 24.3 Å². The lowest BCUT2D eigenvalue weighted by atomic mass is 10.2. The van der Waals surface area contributed by atoms with E-state index in [-0.39, 0.29) is 5.82 Å². The van der Waals surface area contributed by atoms with Gasteiger partial charge in [-0.3, -0.25) is 0 Å². The fourth-order valence-electron chi connectivity index (χ4n) is 0.766. The van der Waals surface area contributed by atoms with Crippen molar-refractivity contribution in [2.24, 2.45) is 0 Å². The Morgan fingerprint density at radius 1 is 1.20 bits per heavy atom. The molecule has 0 aliphatic carbocycles. The number of allylic oxidation sites excluding steroid dienone is 1. The van der Waals surface area contributed by atoms with Gasteiger partial charge in [0.15, 0.2) is 0 Å². The Balaban J connectivity index is 2.89. The average Bonchev–Trinajstić information content (AvgIpc) is 1.95. The summed E-state index contributed by atoms with van der Waals surface area (Å²) in [5.41, 5.74) is 1.03. The standard InChI is InChI=1S/C9H9F/c1-2-3-8-4-6-9(10)7-5-8/h2-7H,1H3. The fraction of sp³-hybridized carbons (Fsp3) is 0.111. The molecule has 0 saturated carbocycles. The quantitative estimate of drug-likeness (QED) is 0.556. The van der Waals surface area contributed by atoms with E-state index >= 15 is 0 Å². The zero-order valence-electron chi connectivity index (χ0n) is 5.84. The second-order valence-corrected chi connectivity index (χ2v) is 2.05. The third-order valence-corrected chi connectivity index (χ3v) is 1.23. The highest BCUT2D eigenvalue weighted by atomic mass is 19.1. The summed E-state index contributed by atoms with van der Waals surface area (Å²) >= 11 is 0. The first-order chi connectivity index (χ1) is 4.83. The van der Waals surface area contributed by atoms with Gasteiger partial charge >= 0.3 is 0 Å². The number of hydrogen-bond acceptors (Lipinski definition) is 0. The van der Waals surface area contributed by atoms with Crippen LogP contribution >= 0.6 is 0 Å². The smallest absolute Gasteiger partial charge is 0.123 e. The summed E-state index contributed by atoms with van der Waals surface area (Å²) in [5.74, 6) is -0.187. The van der Waals surface area contributed by atoms with Crippen LogP contribution in [-0.2, 0) is 0 Å². The Labute approximate surface area is 60.0 Å². The summed E-state index contributed by atoms with van der Waals surface area (Å²) in [5, 5.41) is 0. The number of hydrogen-bond donors (Lipinski definition) is 0. The molecule has 0 aliphatic rings. The molecule has 0 spiro atoms. The maximum absolute atomic E-state index is 12.3. The number of halogens is 1. The Morgan fingerprint density at radius 2 is 1.80 bits per heavy atom. The van der Waals surface area contributed by atoms with Crippen LogP contribution in [-0.4, -0.2) is 0 Å². The van der Waals surface area contributed by atoms with Crippen LogP contribution in [0.15, 0.2) is 30.3 Å². The van der Waals surface area contributed by atoms with Crippen molar-refractivity contribution in [3.8, 4) is 0 Å². The van der Waals surface area contributed by atoms with Crippen LogP contribution in [0.3, 0.4) is 0 Å². The van der Waals surface area contributed by atoms with E-state index in [9.17, 15) is 4.39 Å². The van der Waals surface area contributed by atoms with Crippen LogP contribution in [0.1, 0.15) is 12.5 Å². The van der Waals surface area contributed by atoms with E-state index < -0.39 is 0 Å². The molecule has 0 radical (unpaired) electrons. The van der Waals surface area contributed by atoms with Gasteiger partial charge in [0, 0.05) is 0 Å². The first-order valence-electron chi connectivity index (χ1n) is 3.21. The molecule has 0 aliphatic heterocycles. The molecule has 0 nitrogen and oxygen atoms in total. The highest BCUT2D eigenvalue weighted by molar-refractivity contribution is 5.48. The lowest BCUT2D eigenvalue weighted by molar-refractivity contribution is 0.628. The van der Waals surface area contributed by atoms with Crippen molar-refractivity contribution >= 4 is 6.08 Å². The van der Waals surface area contributed by atoms with Crippen LogP contribution in [0.2, 0.25) is 0 Å². The first kappa shape index (κ1) is 7.00. The van der Waals surface area contributed by atoms with E-state index in [4.69, 9.17) is 0 Å². The minimum atomic E-state index is -0.187. The van der Waals surface area contributed by atoms with E-state index in [0.717, 1.165) is 5.56 Å². The summed E-state index contributed by atoms with van der Waals surface area (Å²) in [6, 6.07) is 6.40. The zero-order chi connectivity index (χ0) is 7.40. The van der Waals surface area contributed by atoms with Gasteiger partial charge in [0.05, 0.1) is 0 Å². The minimum Gasteiger partial charge on any atom is -0.207 e. The van der Waals surface area contributed by atoms with E-state index in [0.29, 0.717) is 0 Å². The van der Waals surface area contributed by atoms with Crippen molar-refractivity contribution in [2.75, 3.05) is 0 Å². The van der Waals surface area contributed by atoms with E-state index in [2.05, 4.69) is 0 Å². The molecule has 0 amide bonds. The van der Waals surface area contributed by atoms with Gasteiger partial charge in [-0.05, 0) is 24.6 Å². The highest BCUT2D eigenvalue weighted by Gasteiger charge is 1.86. The highest BCUT2D eigenvalue weighted by Crippen LogP contribution is 2.03. The van der Waals surface area contributed by atoms with Crippen molar-refractivity contribution in [2.45, 2.75) is 6.92 Å². The molecule has 0 N–H and O–H groups in total. The molecule has 0 fully saturated rings. The van der Waals surface area contributed by atoms with Crippen molar-refractivity contribution in [3.05, 3.63) is 41.7 Å². The van der Waals surface area contributed by atoms with Gasteiger partial charge in [-0.15, -0.1) is 0 Å². The molecule has 1 heteroatoms. The van der Waals surface area contributed by atoms with E-state index in [1.165, 1.54) is 12.1 Å². The third kappa shape index (κ3) is 1.69. The van der Waals surface area contributed by atoms with Crippen molar-refractivity contribution in [3.63, 3.8) is 0 Å². The topological polar surface area (TPSA) is 0 Å². The maximum Gasteiger partial charge on any atom is 0.123 e. The van der Waals surface area contributed by atoms with Gasteiger partial charge in [0.1, 0.15) is 5.82 Å². The van der Waals surface area contributed by atoms with Crippen LogP contribution in [0.4, 0.5) is 4.39 Å². The Bertz CT molecular complexity index is 221. The van der Waals surface area contributed by atoms with Gasteiger partial charge in [-0.2, -0.15) is 0 Å². The predicted octanol–water partition coefficient (Wildman–Crippen LogP) is 2.86. The second kappa shape index (κ2) is 3.16. The molecule has 0 saturated heterocycles. The van der Waals surface area contributed by atoms with Crippen LogP contribution < -0.4 is 0 Å². The molecule has 10 heavy (non-hydrogen) atoms. The molecule has 0 aromatic heterocycles. The zero-order valence-corrected chi connectivity index (χ0v) is 5.84. The van der Waals surface area contributed by atoms with Crippen LogP contribution in [0, 0.1) is 5.82 Å². The molecule has 0 atom stereocenters. The summed E-state index contributed by atoms with van der Waals surface area (Å²) in [7, 11) is 0. The molecule has 1 aromatic rings. The SMILES string of the molecule is CC=Cc1ccc(F)cc1. The van der Waals surface area contributed by atoms with Gasteiger partial charge < -0.3 is 0 Å². The van der Waals surface area contributed by atoms with E-state index in [1.54, 1.807) is 12.1 Å². The molecule has 0 heterocycles. The van der Waals surface area contributed by atoms with Crippen LogP contribution in [0.5, 0.6) is 0 Å². The monoisotopic (exact) mass is 136 g/mol. The average molecular weight is 136 g/mol. The van der Waals surface area contributed by atoms with Gasteiger partial charge in [0.2, 0.25) is 0 Å². The maximum atomic E-state index is 12.3. The summed E-state index contributed by atoms with van der Waals surface area (Å²) in [4.78, 5) is 0. The molecular formula is C9H9F. The summed E-state index contributed by atoms with van der Waals surface area (Å²) < 4.78 is 12.3. The summed E-state index contributed by atoms with van der Waals surface area (Å²) in [6.45, 7) is 1.93. The summed E-state index contributed by atoms with van der Waals surface area (Å²) in [6.07, 6.45) is 3.85. The predicted molar refractivity (Wildman–Crippen MR) is 41.1 cm³/mol. The largest absolute Gasteiger partial charge is 0.207 e. The Hall–Kier alpha value is -1.11. The first-order valence-corrected chi connectivity index (χ1v) is 3.21. The van der Waals surface area contributed by atoms with Crippen molar-refractivity contribution in [1.82, 2.24) is 0 Å². The fourth-order valence-corrected chi connectivity index (χ4v) is 0.766. The molecule has 52 valence electrons. The molecule has 1 aromatic carbocycles. The Kier molecular flexibility index (Phi) is 2.21. The lowest BCUT2D eigenvalue weighted by Gasteiger charge is -1.90. The minimum absolute atomic E-state index is 0.187. The van der Waals surface area contributed by atoms with Gasteiger partial charge in [0.25, 0.3) is 0 Å². The van der Waals surface area contributed by atoms with Gasteiger partial charge in [-0.25, -0.2) is 4.39 Å². The third-order valence-electron chi connectivity index (χ3n) is 1.23. The number of rotatable bonds is 1. The molecule has 0 bridgehead atoms. The van der Waals surface area contributed by atoms with E-state index in [1.807, 2.05) is 19.1 Å². The van der Waals surface area contributed by atoms with Crippen molar-refractivity contribution < 1.29 is 4.39 Å². The van der Waals surface area contributed by atoms with Crippen LogP contribution in [0.25, 0.3) is 6.08 Å². The Morgan fingerprint density at radius 3 is 2.30 bits per heavy atom. The van der Waals surface area contributed by atoms with Crippen molar-refractivity contribution in [1.29, 1.82) is 0 Å². The normalized spacial score (nSPS) is 10.6. The lowest BCUT2D eigenvalue weighted by Crippen LogP contribution is -1.72.